The van der Waals surface area contributed by atoms with Crippen molar-refractivity contribution in [3.8, 4) is 11.8 Å². The standard InChI is InChI=1S/C11H9ClF3NO3S/c12-9-6-8(2-1-5-17)3-4-10(9)20(18,19)16-7-11(13,14)15/h3-4,6,16-17H,5,7H2. The molecule has 1 rings (SSSR count). The molecule has 0 amide bonds. The van der Waals surface area contributed by atoms with Crippen LogP contribution < -0.4 is 4.72 Å². The molecule has 0 aromatic heterocycles. The number of benzene rings is 1. The summed E-state index contributed by atoms with van der Waals surface area (Å²) in [4.78, 5) is -0.474. The molecule has 0 aliphatic rings. The second-order valence-electron chi connectivity index (χ2n) is 3.54. The fourth-order valence-electron chi connectivity index (χ4n) is 1.19. The minimum atomic E-state index is -4.66. The fraction of sp³-hybridized carbons (Fsp3) is 0.273. The van der Waals surface area contributed by atoms with Gasteiger partial charge in [0.1, 0.15) is 18.0 Å². The van der Waals surface area contributed by atoms with Gasteiger partial charge in [-0.25, -0.2) is 13.1 Å². The zero-order valence-corrected chi connectivity index (χ0v) is 11.4. The Morgan fingerprint density at radius 3 is 2.50 bits per heavy atom. The summed E-state index contributed by atoms with van der Waals surface area (Å²) in [6.45, 7) is -2.07. The van der Waals surface area contributed by atoms with E-state index in [0.29, 0.717) is 5.56 Å². The molecule has 0 heterocycles. The largest absolute Gasteiger partial charge is 0.402 e. The van der Waals surface area contributed by atoms with Gasteiger partial charge < -0.3 is 5.11 Å². The number of aliphatic hydroxyl groups excluding tert-OH is 1. The summed E-state index contributed by atoms with van der Waals surface area (Å²) in [5, 5.41) is 8.25. The van der Waals surface area contributed by atoms with Gasteiger partial charge in [-0.05, 0) is 18.2 Å². The van der Waals surface area contributed by atoms with E-state index in [1.165, 1.54) is 16.9 Å². The Morgan fingerprint density at radius 2 is 2.00 bits per heavy atom. The molecule has 20 heavy (non-hydrogen) atoms. The maximum absolute atomic E-state index is 12.0. The van der Waals surface area contributed by atoms with Gasteiger partial charge in [0, 0.05) is 5.56 Å². The third kappa shape index (κ3) is 5.02. The van der Waals surface area contributed by atoms with Crippen LogP contribution in [0.15, 0.2) is 23.1 Å². The normalized spacial score (nSPS) is 11.8. The van der Waals surface area contributed by atoms with Crippen molar-refractivity contribution in [3.05, 3.63) is 28.8 Å². The first-order valence-electron chi connectivity index (χ1n) is 5.11. The van der Waals surface area contributed by atoms with Crippen LogP contribution in [-0.2, 0) is 10.0 Å². The van der Waals surface area contributed by atoms with Crippen molar-refractivity contribution in [2.75, 3.05) is 13.2 Å². The zero-order valence-electron chi connectivity index (χ0n) is 9.83. The quantitative estimate of drug-likeness (QED) is 0.827. The number of rotatable bonds is 3. The first-order valence-corrected chi connectivity index (χ1v) is 6.97. The molecule has 0 saturated heterocycles. The van der Waals surface area contributed by atoms with E-state index in [4.69, 9.17) is 16.7 Å². The minimum Gasteiger partial charge on any atom is -0.384 e. The minimum absolute atomic E-state index is 0.260. The first-order chi connectivity index (χ1) is 9.15. The van der Waals surface area contributed by atoms with E-state index in [0.717, 1.165) is 6.07 Å². The summed E-state index contributed by atoms with van der Waals surface area (Å²) in [7, 11) is -4.36. The Labute approximate surface area is 118 Å². The second-order valence-corrected chi connectivity index (χ2v) is 5.69. The summed E-state index contributed by atoms with van der Waals surface area (Å²) >= 11 is 5.71. The molecule has 0 aliphatic carbocycles. The number of hydrogen-bond acceptors (Lipinski definition) is 3. The molecular formula is C11H9ClF3NO3S. The highest BCUT2D eigenvalue weighted by Crippen LogP contribution is 2.23. The Kier molecular flexibility index (Phi) is 5.42. The zero-order chi connectivity index (χ0) is 15.4. The van der Waals surface area contributed by atoms with Crippen LogP contribution in [0, 0.1) is 11.8 Å². The van der Waals surface area contributed by atoms with Crippen LogP contribution in [0.25, 0.3) is 0 Å². The van der Waals surface area contributed by atoms with Crippen molar-refractivity contribution in [1.82, 2.24) is 4.72 Å². The SMILES string of the molecule is O=S(=O)(NCC(F)(F)F)c1ccc(C#CCO)cc1Cl. The van der Waals surface area contributed by atoms with Crippen LogP contribution >= 0.6 is 11.6 Å². The van der Waals surface area contributed by atoms with Crippen molar-refractivity contribution in [1.29, 1.82) is 0 Å². The Hall–Kier alpha value is -1.27. The molecule has 2 N–H and O–H groups in total. The van der Waals surface area contributed by atoms with Gasteiger partial charge in [0.2, 0.25) is 10.0 Å². The maximum atomic E-state index is 12.0. The molecule has 4 nitrogen and oxygen atoms in total. The highest BCUT2D eigenvalue weighted by molar-refractivity contribution is 7.89. The number of hydrogen-bond donors (Lipinski definition) is 2. The first kappa shape index (κ1) is 16.8. The van der Waals surface area contributed by atoms with Crippen molar-refractivity contribution in [3.63, 3.8) is 0 Å². The predicted molar refractivity (Wildman–Crippen MR) is 66.7 cm³/mol. The number of aliphatic hydroxyl groups is 1. The molecule has 9 heteroatoms. The molecular weight excluding hydrogens is 319 g/mol. The van der Waals surface area contributed by atoms with Crippen molar-refractivity contribution in [2.24, 2.45) is 0 Å². The van der Waals surface area contributed by atoms with E-state index in [2.05, 4.69) is 11.8 Å². The molecule has 110 valence electrons. The van der Waals surface area contributed by atoms with Crippen molar-refractivity contribution >= 4 is 21.6 Å². The molecule has 0 saturated carbocycles. The number of halogens is 4. The Bertz CT molecular complexity index is 647. The van der Waals surface area contributed by atoms with Gasteiger partial charge in [-0.3, -0.25) is 0 Å². The van der Waals surface area contributed by atoms with E-state index in [9.17, 15) is 21.6 Å². The highest BCUT2D eigenvalue weighted by Gasteiger charge is 2.30. The monoisotopic (exact) mass is 327 g/mol. The molecule has 0 fully saturated rings. The maximum Gasteiger partial charge on any atom is 0.402 e. The third-order valence-corrected chi connectivity index (χ3v) is 3.88. The highest BCUT2D eigenvalue weighted by atomic mass is 35.5. The summed E-state index contributed by atoms with van der Waals surface area (Å²) < 4.78 is 60.7. The van der Waals surface area contributed by atoms with Crippen LogP contribution in [0.3, 0.4) is 0 Å². The van der Waals surface area contributed by atoms with Crippen LogP contribution in [-0.4, -0.2) is 32.9 Å². The molecule has 0 unspecified atom stereocenters. The van der Waals surface area contributed by atoms with Crippen LogP contribution in [0.5, 0.6) is 0 Å². The summed E-state index contributed by atoms with van der Waals surface area (Å²) in [5.74, 6) is 4.82. The van der Waals surface area contributed by atoms with E-state index in [-0.39, 0.29) is 11.6 Å². The van der Waals surface area contributed by atoms with Crippen molar-refractivity contribution in [2.45, 2.75) is 11.1 Å². The molecule has 1 aromatic carbocycles. The molecule has 0 spiro atoms. The van der Waals surface area contributed by atoms with Crippen LogP contribution in [0.1, 0.15) is 5.56 Å². The Balaban J connectivity index is 3.02. The molecule has 1 aromatic rings. The molecule has 0 radical (unpaired) electrons. The summed E-state index contributed by atoms with van der Waals surface area (Å²) in [5.41, 5.74) is 0.332. The van der Waals surface area contributed by atoms with Gasteiger partial charge in [0.15, 0.2) is 0 Å². The van der Waals surface area contributed by atoms with Gasteiger partial charge >= 0.3 is 6.18 Å². The lowest BCUT2D eigenvalue weighted by molar-refractivity contribution is -0.121. The van der Waals surface area contributed by atoms with Crippen LogP contribution in [0.4, 0.5) is 13.2 Å². The van der Waals surface area contributed by atoms with Crippen molar-refractivity contribution < 1.29 is 26.7 Å². The van der Waals surface area contributed by atoms with Gasteiger partial charge in [-0.15, -0.1) is 0 Å². The number of alkyl halides is 3. The summed E-state index contributed by atoms with van der Waals surface area (Å²) in [6, 6.07) is 3.51. The van der Waals surface area contributed by atoms with E-state index in [1.54, 1.807) is 0 Å². The van der Waals surface area contributed by atoms with Gasteiger partial charge in [0.05, 0.1) is 5.02 Å². The van der Waals surface area contributed by atoms with E-state index >= 15 is 0 Å². The molecule has 0 aliphatic heterocycles. The fourth-order valence-corrected chi connectivity index (χ4v) is 2.75. The van der Waals surface area contributed by atoms with Gasteiger partial charge in [-0.2, -0.15) is 13.2 Å². The molecule has 0 atom stereocenters. The smallest absolute Gasteiger partial charge is 0.384 e. The van der Waals surface area contributed by atoms with Crippen LogP contribution in [0.2, 0.25) is 5.02 Å². The van der Waals surface area contributed by atoms with E-state index in [1.807, 2.05) is 0 Å². The lowest BCUT2D eigenvalue weighted by Gasteiger charge is -2.10. The second kappa shape index (κ2) is 6.45. The lowest BCUT2D eigenvalue weighted by atomic mass is 10.2. The van der Waals surface area contributed by atoms with E-state index < -0.39 is 27.6 Å². The topological polar surface area (TPSA) is 66.4 Å². The average molecular weight is 328 g/mol. The Morgan fingerprint density at radius 1 is 1.35 bits per heavy atom. The number of sulfonamides is 1. The third-order valence-electron chi connectivity index (χ3n) is 2.00. The molecule has 0 bridgehead atoms. The average Bonchev–Trinajstić information content (AvgIpc) is 2.33. The summed E-state index contributed by atoms with van der Waals surface area (Å²) in [6.07, 6.45) is -4.66. The predicted octanol–water partition coefficient (Wildman–Crippen LogP) is 1.52. The van der Waals surface area contributed by atoms with Gasteiger partial charge in [-0.1, -0.05) is 23.4 Å². The lowest BCUT2D eigenvalue weighted by Crippen LogP contribution is -2.33. The number of nitrogens with one attached hydrogen (secondary N) is 1. The van der Waals surface area contributed by atoms with Gasteiger partial charge in [0.25, 0.3) is 0 Å².